The third kappa shape index (κ3) is 1.78. The molecule has 1 aliphatic carbocycles. The first-order valence-corrected chi connectivity index (χ1v) is 5.97. The van der Waals surface area contributed by atoms with E-state index in [0.29, 0.717) is 5.56 Å². The molecule has 0 spiro atoms. The Bertz CT molecular complexity index is 895. The van der Waals surface area contributed by atoms with E-state index in [9.17, 15) is 19.2 Å². The lowest BCUT2D eigenvalue weighted by Crippen LogP contribution is -2.29. The van der Waals surface area contributed by atoms with Crippen LogP contribution in [-0.2, 0) is 0 Å². The van der Waals surface area contributed by atoms with Gasteiger partial charge in [-0.05, 0) is 24.6 Å². The molecule has 0 unspecified atom stereocenters. The summed E-state index contributed by atoms with van der Waals surface area (Å²) in [6.45, 7) is 1.72. The van der Waals surface area contributed by atoms with Crippen LogP contribution in [0.25, 0.3) is 0 Å². The van der Waals surface area contributed by atoms with Crippen LogP contribution in [0.4, 0.5) is 0 Å². The van der Waals surface area contributed by atoms with Crippen molar-refractivity contribution in [3.63, 3.8) is 0 Å². The zero-order chi connectivity index (χ0) is 15.3. The molecule has 0 radical (unpaired) electrons. The van der Waals surface area contributed by atoms with Crippen LogP contribution < -0.4 is 5.56 Å². The molecule has 0 fully saturated rings. The van der Waals surface area contributed by atoms with Crippen LogP contribution >= 0.6 is 0 Å². The van der Waals surface area contributed by atoms with Crippen molar-refractivity contribution >= 4 is 17.5 Å². The maximum Gasteiger partial charge on any atom is 0.341 e. The maximum atomic E-state index is 12.4. The van der Waals surface area contributed by atoms with Crippen LogP contribution in [0.2, 0.25) is 0 Å². The van der Waals surface area contributed by atoms with Crippen molar-refractivity contribution < 1.29 is 19.5 Å². The van der Waals surface area contributed by atoms with Crippen LogP contribution in [0.1, 0.15) is 48.0 Å². The van der Waals surface area contributed by atoms with Gasteiger partial charge in [0.2, 0.25) is 5.78 Å². The molecular weight excluding hydrogens is 276 g/mol. The molecular formula is C14H8N2O5. The van der Waals surface area contributed by atoms with Crippen LogP contribution in [0.15, 0.2) is 23.1 Å². The Morgan fingerprint density at radius 3 is 2.52 bits per heavy atom. The molecule has 0 saturated heterocycles. The maximum absolute atomic E-state index is 12.4. The van der Waals surface area contributed by atoms with Gasteiger partial charge in [0.25, 0.3) is 5.56 Å². The predicted molar refractivity (Wildman–Crippen MR) is 69.9 cm³/mol. The van der Waals surface area contributed by atoms with Crippen molar-refractivity contribution in [2.45, 2.75) is 6.92 Å². The van der Waals surface area contributed by atoms with E-state index >= 15 is 0 Å². The summed E-state index contributed by atoms with van der Waals surface area (Å²) in [4.78, 5) is 53.3. The summed E-state index contributed by atoms with van der Waals surface area (Å²) < 4.78 is 0. The highest BCUT2D eigenvalue weighted by molar-refractivity contribution is 6.27. The smallest absolute Gasteiger partial charge is 0.341 e. The highest BCUT2D eigenvalue weighted by atomic mass is 16.4. The topological polar surface area (TPSA) is 117 Å². The average Bonchev–Trinajstić information content (AvgIpc) is 2.44. The molecule has 2 N–H and O–H groups in total. The van der Waals surface area contributed by atoms with Crippen LogP contribution in [0.5, 0.6) is 0 Å². The van der Waals surface area contributed by atoms with Gasteiger partial charge in [-0.1, -0.05) is 0 Å². The number of carbonyl (C=O) groups excluding carboxylic acids is 2. The summed E-state index contributed by atoms with van der Waals surface area (Å²) in [6, 6.07) is 2.44. The number of ketones is 2. The Morgan fingerprint density at radius 2 is 1.86 bits per heavy atom. The van der Waals surface area contributed by atoms with E-state index < -0.39 is 28.7 Å². The minimum atomic E-state index is -1.47. The molecule has 3 rings (SSSR count). The molecule has 0 aliphatic heterocycles. The molecule has 1 aliphatic rings. The average molecular weight is 284 g/mol. The predicted octanol–water partition coefficient (Wildman–Crippen LogP) is 0.552. The third-order valence-electron chi connectivity index (χ3n) is 3.23. The fraction of sp³-hybridized carbons (Fsp3) is 0.0714. The van der Waals surface area contributed by atoms with Gasteiger partial charge in [0, 0.05) is 6.20 Å². The number of carbonyl (C=O) groups is 3. The number of H-pyrrole nitrogens is 1. The SMILES string of the molecule is Cc1cnc2c(c1)C(=O)c1cc(C(=O)O)c(=O)[nH]c1C2=O. The molecule has 7 nitrogen and oxygen atoms in total. The fourth-order valence-corrected chi connectivity index (χ4v) is 2.23. The second-order valence-corrected chi connectivity index (χ2v) is 4.67. The number of hydrogen-bond donors (Lipinski definition) is 2. The Labute approximate surface area is 117 Å². The lowest BCUT2D eigenvalue weighted by molar-refractivity contribution is 0.0694. The number of hydrogen-bond acceptors (Lipinski definition) is 5. The molecule has 2 heterocycles. The van der Waals surface area contributed by atoms with E-state index in [-0.39, 0.29) is 22.5 Å². The normalized spacial score (nSPS) is 12.8. The summed E-state index contributed by atoms with van der Waals surface area (Å²) in [5.74, 6) is -2.60. The number of aryl methyl sites for hydroxylation is 1. The minimum absolute atomic E-state index is 0.0446. The zero-order valence-electron chi connectivity index (χ0n) is 10.8. The Kier molecular flexibility index (Phi) is 2.59. The van der Waals surface area contributed by atoms with Gasteiger partial charge in [-0.3, -0.25) is 19.4 Å². The van der Waals surface area contributed by atoms with Crippen LogP contribution in [-0.4, -0.2) is 32.6 Å². The van der Waals surface area contributed by atoms with E-state index in [1.165, 1.54) is 12.3 Å². The molecule has 0 aromatic carbocycles. The van der Waals surface area contributed by atoms with Crippen molar-refractivity contribution in [1.82, 2.24) is 9.97 Å². The van der Waals surface area contributed by atoms with Gasteiger partial charge in [0.15, 0.2) is 5.78 Å². The number of aromatic amines is 1. The van der Waals surface area contributed by atoms with Gasteiger partial charge in [-0.25, -0.2) is 4.79 Å². The molecule has 21 heavy (non-hydrogen) atoms. The van der Waals surface area contributed by atoms with Gasteiger partial charge in [-0.15, -0.1) is 0 Å². The summed E-state index contributed by atoms with van der Waals surface area (Å²) in [5, 5.41) is 8.93. The number of carboxylic acid groups (broad SMARTS) is 1. The number of pyridine rings is 2. The Morgan fingerprint density at radius 1 is 1.14 bits per heavy atom. The number of aromatic nitrogens is 2. The van der Waals surface area contributed by atoms with E-state index in [4.69, 9.17) is 5.11 Å². The lowest BCUT2D eigenvalue weighted by Gasteiger charge is -2.16. The van der Waals surface area contributed by atoms with Gasteiger partial charge >= 0.3 is 5.97 Å². The van der Waals surface area contributed by atoms with Crippen LogP contribution in [0.3, 0.4) is 0 Å². The Balaban J connectivity index is 2.33. The number of fused-ring (bicyclic) bond motifs is 2. The number of carboxylic acids is 1. The highest BCUT2D eigenvalue weighted by Gasteiger charge is 2.33. The molecule has 7 heteroatoms. The standard InChI is InChI=1S/C14H8N2O5/c1-5-2-6-9(15-4-5)12(18)10-7(11(6)17)3-8(14(20)21)13(19)16-10/h2-4H,1H3,(H,16,19)(H,20,21). The first-order chi connectivity index (χ1) is 9.90. The van der Waals surface area contributed by atoms with E-state index in [1.54, 1.807) is 6.92 Å². The molecule has 0 atom stereocenters. The fourth-order valence-electron chi connectivity index (χ4n) is 2.23. The van der Waals surface area contributed by atoms with Crippen molar-refractivity contribution in [1.29, 1.82) is 0 Å². The van der Waals surface area contributed by atoms with Crippen molar-refractivity contribution in [2.75, 3.05) is 0 Å². The minimum Gasteiger partial charge on any atom is -0.477 e. The summed E-state index contributed by atoms with van der Waals surface area (Å²) in [5.41, 5.74) is -1.11. The molecule has 0 bridgehead atoms. The zero-order valence-corrected chi connectivity index (χ0v) is 10.8. The molecule has 0 amide bonds. The first kappa shape index (κ1) is 12.9. The number of aromatic carboxylic acids is 1. The number of nitrogens with zero attached hydrogens (tertiary/aromatic N) is 1. The highest BCUT2D eigenvalue weighted by Crippen LogP contribution is 2.24. The number of rotatable bonds is 1. The number of nitrogens with one attached hydrogen (secondary N) is 1. The van der Waals surface area contributed by atoms with Gasteiger partial charge < -0.3 is 10.1 Å². The first-order valence-electron chi connectivity index (χ1n) is 5.97. The van der Waals surface area contributed by atoms with Gasteiger partial charge in [0.05, 0.1) is 11.1 Å². The van der Waals surface area contributed by atoms with E-state index in [1.807, 2.05) is 0 Å². The molecule has 0 saturated carbocycles. The molecule has 2 aromatic heterocycles. The lowest BCUT2D eigenvalue weighted by atomic mass is 9.89. The quantitative estimate of drug-likeness (QED) is 0.674. The monoisotopic (exact) mass is 284 g/mol. The Hall–Kier alpha value is -3.09. The van der Waals surface area contributed by atoms with Gasteiger partial charge in [0.1, 0.15) is 17.0 Å². The second kappa shape index (κ2) is 4.20. The van der Waals surface area contributed by atoms with E-state index in [2.05, 4.69) is 9.97 Å². The molecule has 2 aromatic rings. The largest absolute Gasteiger partial charge is 0.477 e. The van der Waals surface area contributed by atoms with Crippen LogP contribution in [0, 0.1) is 6.92 Å². The van der Waals surface area contributed by atoms with Crippen molar-refractivity contribution in [3.05, 3.63) is 62.3 Å². The molecule has 104 valence electrons. The second-order valence-electron chi connectivity index (χ2n) is 4.67. The van der Waals surface area contributed by atoms with E-state index in [0.717, 1.165) is 6.07 Å². The van der Waals surface area contributed by atoms with Gasteiger partial charge in [-0.2, -0.15) is 0 Å². The summed E-state index contributed by atoms with van der Waals surface area (Å²) in [7, 11) is 0. The van der Waals surface area contributed by atoms with Crippen molar-refractivity contribution in [2.24, 2.45) is 0 Å². The summed E-state index contributed by atoms with van der Waals surface area (Å²) >= 11 is 0. The third-order valence-corrected chi connectivity index (χ3v) is 3.23. The van der Waals surface area contributed by atoms with Crippen molar-refractivity contribution in [3.8, 4) is 0 Å². The summed E-state index contributed by atoms with van der Waals surface area (Å²) in [6.07, 6.45) is 1.44.